The Bertz CT molecular complexity index is 475. The van der Waals surface area contributed by atoms with Crippen molar-refractivity contribution in [1.82, 2.24) is 4.90 Å². The zero-order chi connectivity index (χ0) is 17.0. The maximum absolute atomic E-state index is 5.83. The third kappa shape index (κ3) is 6.06. The first kappa shape index (κ1) is 21.5. The van der Waals surface area contributed by atoms with E-state index in [-0.39, 0.29) is 17.8 Å². The van der Waals surface area contributed by atoms with Gasteiger partial charge in [-0.25, -0.2) is 0 Å². The second-order valence-corrected chi connectivity index (χ2v) is 8.22. The number of benzene rings is 1. The van der Waals surface area contributed by atoms with Crippen molar-refractivity contribution in [2.45, 2.75) is 72.0 Å². The minimum atomic E-state index is 0. The van der Waals surface area contributed by atoms with Gasteiger partial charge in [-0.2, -0.15) is 0 Å². The van der Waals surface area contributed by atoms with Crippen molar-refractivity contribution in [3.05, 3.63) is 35.4 Å². The molecule has 138 valence electrons. The number of halogens is 1. The van der Waals surface area contributed by atoms with Gasteiger partial charge in [0.1, 0.15) is 0 Å². The van der Waals surface area contributed by atoms with Crippen molar-refractivity contribution in [3.63, 3.8) is 0 Å². The van der Waals surface area contributed by atoms with Crippen LogP contribution in [0.2, 0.25) is 0 Å². The van der Waals surface area contributed by atoms with Crippen LogP contribution in [-0.2, 0) is 16.6 Å². The van der Waals surface area contributed by atoms with E-state index in [0.717, 1.165) is 19.5 Å². The summed E-state index contributed by atoms with van der Waals surface area (Å²) in [6.45, 7) is 17.0. The average molecular weight is 353 g/mol. The lowest BCUT2D eigenvalue weighted by atomic mass is 9.82. The van der Waals surface area contributed by atoms with Gasteiger partial charge in [-0.05, 0) is 49.1 Å². The molecule has 0 saturated carbocycles. The normalized spacial score (nSPS) is 23.6. The van der Waals surface area contributed by atoms with Crippen molar-refractivity contribution >= 4 is 0 Å². The second kappa shape index (κ2) is 9.22. The smallest absolute Gasteiger partial charge is 0.0678 e. The van der Waals surface area contributed by atoms with E-state index in [1.54, 1.807) is 0 Å². The summed E-state index contributed by atoms with van der Waals surface area (Å²) < 4.78 is 5.83. The number of rotatable bonds is 6. The molecule has 2 rings (SSSR count). The molecule has 3 atom stereocenters. The minimum Gasteiger partial charge on any atom is -1.00 e. The molecular formula is C21H35ClNO-. The molecule has 0 bridgehead atoms. The molecule has 1 unspecified atom stereocenters. The Morgan fingerprint density at radius 1 is 1.12 bits per heavy atom. The monoisotopic (exact) mass is 352 g/mol. The molecule has 1 aliphatic rings. The summed E-state index contributed by atoms with van der Waals surface area (Å²) in [6.07, 6.45) is 3.06. The summed E-state index contributed by atoms with van der Waals surface area (Å²) in [7, 11) is 0. The van der Waals surface area contributed by atoms with E-state index in [2.05, 4.69) is 70.7 Å². The lowest BCUT2D eigenvalue weighted by Gasteiger charge is -2.36. The molecule has 0 amide bonds. The van der Waals surface area contributed by atoms with Gasteiger partial charge in [0, 0.05) is 19.6 Å². The molecule has 1 heterocycles. The number of hydrogen-bond donors (Lipinski definition) is 0. The maximum Gasteiger partial charge on any atom is 0.0678 e. The molecule has 2 nitrogen and oxygen atoms in total. The number of morpholine rings is 1. The standard InChI is InChI=1S/C21H35NO.ClH/c1-7-21(5,6)20-10-8-19(9-11-20)12-16(2)13-22-14-17(3)23-18(4)15-22;/h8-11,16-18H,7,12-15H2,1-6H3;1H/p-1/t16?,17-,18+;. The van der Waals surface area contributed by atoms with E-state index >= 15 is 0 Å². The maximum atomic E-state index is 5.83. The molecule has 1 aliphatic heterocycles. The second-order valence-electron chi connectivity index (χ2n) is 8.22. The summed E-state index contributed by atoms with van der Waals surface area (Å²) in [6, 6.07) is 9.30. The Morgan fingerprint density at radius 3 is 2.17 bits per heavy atom. The number of ether oxygens (including phenoxy) is 1. The molecule has 0 N–H and O–H groups in total. The Morgan fingerprint density at radius 2 is 1.67 bits per heavy atom. The predicted molar refractivity (Wildman–Crippen MR) is 99.1 cm³/mol. The molecule has 0 spiro atoms. The van der Waals surface area contributed by atoms with Crippen LogP contribution in [0.15, 0.2) is 24.3 Å². The van der Waals surface area contributed by atoms with Crippen LogP contribution in [0, 0.1) is 5.92 Å². The zero-order valence-electron chi connectivity index (χ0n) is 16.3. The van der Waals surface area contributed by atoms with Crippen LogP contribution in [0.5, 0.6) is 0 Å². The summed E-state index contributed by atoms with van der Waals surface area (Å²) >= 11 is 0. The van der Waals surface area contributed by atoms with E-state index in [1.165, 1.54) is 24.1 Å². The van der Waals surface area contributed by atoms with Crippen LogP contribution in [0.1, 0.15) is 59.1 Å². The lowest BCUT2D eigenvalue weighted by molar-refractivity contribution is -0.0709. The zero-order valence-corrected chi connectivity index (χ0v) is 17.1. The van der Waals surface area contributed by atoms with Gasteiger partial charge in [0.25, 0.3) is 0 Å². The van der Waals surface area contributed by atoms with Gasteiger partial charge in [-0.15, -0.1) is 0 Å². The van der Waals surface area contributed by atoms with E-state index in [9.17, 15) is 0 Å². The quantitative estimate of drug-likeness (QED) is 0.772. The van der Waals surface area contributed by atoms with Gasteiger partial charge >= 0.3 is 0 Å². The first-order chi connectivity index (χ1) is 10.8. The van der Waals surface area contributed by atoms with Crippen LogP contribution in [0.25, 0.3) is 0 Å². The van der Waals surface area contributed by atoms with E-state index < -0.39 is 0 Å². The van der Waals surface area contributed by atoms with Gasteiger partial charge in [0.05, 0.1) is 12.2 Å². The molecule has 24 heavy (non-hydrogen) atoms. The molecule has 0 radical (unpaired) electrons. The summed E-state index contributed by atoms with van der Waals surface area (Å²) in [5, 5.41) is 0. The Labute approximate surface area is 155 Å². The van der Waals surface area contributed by atoms with E-state index in [0.29, 0.717) is 18.1 Å². The molecule has 3 heteroatoms. The molecule has 1 aromatic carbocycles. The highest BCUT2D eigenvalue weighted by atomic mass is 35.5. The SMILES string of the molecule is CCC(C)(C)c1ccc(CC(C)CN2C[C@@H](C)O[C@@H](C)C2)cc1.[Cl-]. The van der Waals surface area contributed by atoms with Crippen molar-refractivity contribution in [1.29, 1.82) is 0 Å². The Balaban J connectivity index is 0.00000288. The third-order valence-electron chi connectivity index (χ3n) is 5.27. The van der Waals surface area contributed by atoms with Gasteiger partial charge in [-0.1, -0.05) is 52.0 Å². The fraction of sp³-hybridized carbons (Fsp3) is 0.714. The van der Waals surface area contributed by atoms with Crippen LogP contribution in [0.3, 0.4) is 0 Å². The number of nitrogens with zero attached hydrogens (tertiary/aromatic N) is 1. The van der Waals surface area contributed by atoms with Gasteiger partial charge < -0.3 is 17.1 Å². The molecule has 0 aliphatic carbocycles. The van der Waals surface area contributed by atoms with Crippen LogP contribution in [-0.4, -0.2) is 36.7 Å². The van der Waals surface area contributed by atoms with Crippen molar-refractivity contribution < 1.29 is 17.1 Å². The van der Waals surface area contributed by atoms with Gasteiger partial charge in [-0.3, -0.25) is 4.90 Å². The topological polar surface area (TPSA) is 12.5 Å². The highest BCUT2D eigenvalue weighted by Crippen LogP contribution is 2.27. The van der Waals surface area contributed by atoms with Gasteiger partial charge in [0.15, 0.2) is 0 Å². The van der Waals surface area contributed by atoms with E-state index in [4.69, 9.17) is 4.74 Å². The minimum absolute atomic E-state index is 0. The molecule has 1 aromatic rings. The number of hydrogen-bond acceptors (Lipinski definition) is 2. The van der Waals surface area contributed by atoms with Crippen molar-refractivity contribution in [3.8, 4) is 0 Å². The van der Waals surface area contributed by atoms with Crippen molar-refractivity contribution in [2.24, 2.45) is 5.92 Å². The predicted octanol–water partition coefficient (Wildman–Crippen LogP) is 1.67. The Kier molecular flexibility index (Phi) is 8.25. The molecule has 0 aromatic heterocycles. The third-order valence-corrected chi connectivity index (χ3v) is 5.27. The first-order valence-corrected chi connectivity index (χ1v) is 9.27. The first-order valence-electron chi connectivity index (χ1n) is 9.27. The van der Waals surface area contributed by atoms with Crippen LogP contribution < -0.4 is 12.4 Å². The molecule has 1 fully saturated rings. The highest BCUT2D eigenvalue weighted by Gasteiger charge is 2.23. The van der Waals surface area contributed by atoms with E-state index in [1.807, 2.05) is 0 Å². The summed E-state index contributed by atoms with van der Waals surface area (Å²) in [5.74, 6) is 0.678. The van der Waals surface area contributed by atoms with Crippen molar-refractivity contribution in [2.75, 3.05) is 19.6 Å². The molecular weight excluding hydrogens is 318 g/mol. The fourth-order valence-corrected chi connectivity index (χ4v) is 3.64. The highest BCUT2D eigenvalue weighted by molar-refractivity contribution is 5.28. The summed E-state index contributed by atoms with van der Waals surface area (Å²) in [4.78, 5) is 2.57. The average Bonchev–Trinajstić information content (AvgIpc) is 2.46. The molecule has 1 saturated heterocycles. The Hall–Kier alpha value is -0.570. The lowest BCUT2D eigenvalue weighted by Crippen LogP contribution is -3.00. The van der Waals surface area contributed by atoms with Crippen LogP contribution in [0.4, 0.5) is 0 Å². The van der Waals surface area contributed by atoms with Gasteiger partial charge in [0.2, 0.25) is 0 Å². The van der Waals surface area contributed by atoms with Crippen LogP contribution >= 0.6 is 0 Å². The largest absolute Gasteiger partial charge is 1.00 e. The summed E-state index contributed by atoms with van der Waals surface area (Å²) in [5.41, 5.74) is 3.19. The fourth-order valence-electron chi connectivity index (χ4n) is 3.64.